The minimum atomic E-state index is 0.0405. The third kappa shape index (κ3) is 5.87. The first-order valence-corrected chi connectivity index (χ1v) is 8.88. The van der Waals surface area contributed by atoms with Crippen LogP contribution in [0.5, 0.6) is 5.75 Å². The number of anilines is 1. The van der Waals surface area contributed by atoms with Crippen LogP contribution < -0.4 is 10.1 Å². The van der Waals surface area contributed by atoms with Gasteiger partial charge in [-0.25, -0.2) is 0 Å². The highest BCUT2D eigenvalue weighted by molar-refractivity contribution is 5.93. The molecular weight excluding hydrogens is 288 g/mol. The molecule has 1 aromatic carbocycles. The molecule has 128 valence electrons. The highest BCUT2D eigenvalue weighted by Gasteiger charge is 2.19. The van der Waals surface area contributed by atoms with Gasteiger partial charge in [0.1, 0.15) is 5.75 Å². The molecule has 0 heterocycles. The smallest absolute Gasteiger partial charge is 0.238 e. The van der Waals surface area contributed by atoms with Gasteiger partial charge in [0.15, 0.2) is 0 Å². The molecule has 23 heavy (non-hydrogen) atoms. The largest absolute Gasteiger partial charge is 0.495 e. The Kier molecular flexibility index (Phi) is 7.40. The van der Waals surface area contributed by atoms with Crippen LogP contribution in [0, 0.1) is 5.92 Å². The van der Waals surface area contributed by atoms with Crippen molar-refractivity contribution in [3.63, 3.8) is 0 Å². The number of methoxy groups -OCH3 is 1. The topological polar surface area (TPSA) is 41.6 Å². The van der Waals surface area contributed by atoms with Crippen molar-refractivity contribution in [1.29, 1.82) is 0 Å². The second-order valence-corrected chi connectivity index (χ2v) is 6.49. The zero-order chi connectivity index (χ0) is 16.5. The van der Waals surface area contributed by atoms with Gasteiger partial charge in [0, 0.05) is 6.54 Å². The molecule has 2 rings (SSSR count). The lowest BCUT2D eigenvalue weighted by atomic mass is 9.89. The van der Waals surface area contributed by atoms with E-state index in [1.54, 1.807) is 7.11 Å². The Balaban J connectivity index is 1.89. The van der Waals surface area contributed by atoms with Crippen LogP contribution in [0.25, 0.3) is 0 Å². The van der Waals surface area contributed by atoms with Crippen LogP contribution in [-0.2, 0) is 4.79 Å². The number of nitrogens with one attached hydrogen (secondary N) is 1. The Labute approximate surface area is 140 Å². The Hall–Kier alpha value is -1.55. The maximum absolute atomic E-state index is 12.4. The summed E-state index contributed by atoms with van der Waals surface area (Å²) in [6, 6.07) is 7.55. The molecule has 0 spiro atoms. The second-order valence-electron chi connectivity index (χ2n) is 6.49. The average molecular weight is 318 g/mol. The first-order chi connectivity index (χ1) is 11.2. The summed E-state index contributed by atoms with van der Waals surface area (Å²) in [5.41, 5.74) is 0.745. The van der Waals surface area contributed by atoms with E-state index < -0.39 is 0 Å². The molecular formula is C19H30N2O2. The van der Waals surface area contributed by atoms with Gasteiger partial charge in [0.05, 0.1) is 19.3 Å². The lowest BCUT2D eigenvalue weighted by molar-refractivity contribution is -0.117. The molecule has 0 saturated heterocycles. The van der Waals surface area contributed by atoms with Crippen molar-refractivity contribution in [3.8, 4) is 5.75 Å². The van der Waals surface area contributed by atoms with Crippen LogP contribution in [-0.4, -0.2) is 37.6 Å². The van der Waals surface area contributed by atoms with Gasteiger partial charge >= 0.3 is 0 Å². The number of carbonyl (C=O) groups excluding carboxylic acids is 1. The van der Waals surface area contributed by atoms with Gasteiger partial charge in [-0.2, -0.15) is 0 Å². The first kappa shape index (κ1) is 17.8. The van der Waals surface area contributed by atoms with Gasteiger partial charge in [-0.15, -0.1) is 0 Å². The van der Waals surface area contributed by atoms with E-state index in [0.29, 0.717) is 12.3 Å². The molecule has 0 atom stereocenters. The zero-order valence-electron chi connectivity index (χ0n) is 14.5. The lowest BCUT2D eigenvalue weighted by Crippen LogP contribution is -2.37. The molecule has 1 aliphatic rings. The minimum absolute atomic E-state index is 0.0405. The van der Waals surface area contributed by atoms with Crippen molar-refractivity contribution in [1.82, 2.24) is 4.90 Å². The second kappa shape index (κ2) is 9.56. The zero-order valence-corrected chi connectivity index (χ0v) is 14.5. The number of carbonyl (C=O) groups is 1. The fraction of sp³-hybridized carbons (Fsp3) is 0.632. The number of nitrogens with zero attached hydrogens (tertiary/aromatic N) is 1. The Morgan fingerprint density at radius 3 is 2.70 bits per heavy atom. The van der Waals surface area contributed by atoms with Crippen molar-refractivity contribution in [2.45, 2.75) is 45.4 Å². The summed E-state index contributed by atoms with van der Waals surface area (Å²) in [5, 5.41) is 2.98. The lowest BCUT2D eigenvalue weighted by Gasteiger charge is -2.29. The van der Waals surface area contributed by atoms with Crippen molar-refractivity contribution in [2.75, 3.05) is 32.1 Å². The van der Waals surface area contributed by atoms with Crippen LogP contribution in [0.2, 0.25) is 0 Å². The van der Waals surface area contributed by atoms with E-state index in [1.807, 2.05) is 24.3 Å². The summed E-state index contributed by atoms with van der Waals surface area (Å²) >= 11 is 0. The summed E-state index contributed by atoms with van der Waals surface area (Å²) < 4.78 is 5.29. The number of rotatable bonds is 8. The Morgan fingerprint density at radius 2 is 2.00 bits per heavy atom. The molecule has 0 aromatic heterocycles. The van der Waals surface area contributed by atoms with Crippen molar-refractivity contribution in [2.24, 2.45) is 5.92 Å². The quantitative estimate of drug-likeness (QED) is 0.790. The number of benzene rings is 1. The number of para-hydroxylation sites is 2. The van der Waals surface area contributed by atoms with Gasteiger partial charge in [-0.05, 0) is 43.9 Å². The molecule has 1 aliphatic carbocycles. The van der Waals surface area contributed by atoms with Gasteiger partial charge in [-0.3, -0.25) is 9.69 Å². The summed E-state index contributed by atoms with van der Waals surface area (Å²) in [5.74, 6) is 1.50. The first-order valence-electron chi connectivity index (χ1n) is 8.88. The maximum Gasteiger partial charge on any atom is 0.238 e. The summed E-state index contributed by atoms with van der Waals surface area (Å²) in [6.45, 7) is 4.66. The molecule has 0 unspecified atom stereocenters. The maximum atomic E-state index is 12.4. The fourth-order valence-corrected chi connectivity index (χ4v) is 3.43. The van der Waals surface area contributed by atoms with Crippen molar-refractivity contribution < 1.29 is 9.53 Å². The molecule has 0 aliphatic heterocycles. The van der Waals surface area contributed by atoms with E-state index >= 15 is 0 Å². The monoisotopic (exact) mass is 318 g/mol. The van der Waals surface area contributed by atoms with E-state index in [4.69, 9.17) is 4.74 Å². The SMILES string of the molecule is CCCN(CC(=O)Nc1ccccc1OC)CC1CCCCC1. The van der Waals surface area contributed by atoms with Crippen LogP contribution in [0.3, 0.4) is 0 Å². The molecule has 1 aromatic rings. The van der Waals surface area contributed by atoms with Gasteiger partial charge in [-0.1, -0.05) is 38.3 Å². The van der Waals surface area contributed by atoms with E-state index in [1.165, 1.54) is 32.1 Å². The van der Waals surface area contributed by atoms with Gasteiger partial charge in [0.25, 0.3) is 0 Å². The molecule has 0 radical (unpaired) electrons. The standard InChI is InChI=1S/C19H30N2O2/c1-3-13-21(14-16-9-5-4-6-10-16)15-19(22)20-17-11-7-8-12-18(17)23-2/h7-8,11-12,16H,3-6,9-10,13-15H2,1-2H3,(H,20,22). The molecule has 4 nitrogen and oxygen atoms in total. The van der Waals surface area contributed by atoms with E-state index in [-0.39, 0.29) is 5.91 Å². The summed E-state index contributed by atoms with van der Waals surface area (Å²) in [6.07, 6.45) is 7.77. The Bertz CT molecular complexity index is 484. The van der Waals surface area contributed by atoms with Crippen LogP contribution in [0.15, 0.2) is 24.3 Å². The minimum Gasteiger partial charge on any atom is -0.495 e. The van der Waals surface area contributed by atoms with Crippen LogP contribution in [0.4, 0.5) is 5.69 Å². The third-order valence-corrected chi connectivity index (χ3v) is 4.53. The average Bonchev–Trinajstić information content (AvgIpc) is 2.56. The number of hydrogen-bond acceptors (Lipinski definition) is 3. The normalized spacial score (nSPS) is 15.6. The van der Waals surface area contributed by atoms with Crippen molar-refractivity contribution in [3.05, 3.63) is 24.3 Å². The molecule has 1 amide bonds. The summed E-state index contributed by atoms with van der Waals surface area (Å²) in [7, 11) is 1.62. The van der Waals surface area contributed by atoms with E-state index in [9.17, 15) is 4.79 Å². The molecule has 0 bridgehead atoms. The van der Waals surface area contributed by atoms with Crippen LogP contribution in [0.1, 0.15) is 45.4 Å². The molecule has 1 fully saturated rings. The number of hydrogen-bond donors (Lipinski definition) is 1. The van der Waals surface area contributed by atoms with Gasteiger partial charge in [0.2, 0.25) is 5.91 Å². The predicted octanol–water partition coefficient (Wildman–Crippen LogP) is 3.93. The fourth-order valence-electron chi connectivity index (χ4n) is 3.43. The third-order valence-electron chi connectivity index (χ3n) is 4.53. The highest BCUT2D eigenvalue weighted by Crippen LogP contribution is 2.25. The number of ether oxygens (including phenoxy) is 1. The van der Waals surface area contributed by atoms with Gasteiger partial charge < -0.3 is 10.1 Å². The predicted molar refractivity (Wildman–Crippen MR) is 94.9 cm³/mol. The molecule has 1 saturated carbocycles. The molecule has 1 N–H and O–H groups in total. The van der Waals surface area contributed by atoms with E-state index in [2.05, 4.69) is 17.1 Å². The molecule has 4 heteroatoms. The van der Waals surface area contributed by atoms with E-state index in [0.717, 1.165) is 31.1 Å². The Morgan fingerprint density at radius 1 is 1.26 bits per heavy atom. The number of amides is 1. The van der Waals surface area contributed by atoms with Crippen LogP contribution >= 0.6 is 0 Å². The van der Waals surface area contributed by atoms with Crippen molar-refractivity contribution >= 4 is 11.6 Å². The highest BCUT2D eigenvalue weighted by atomic mass is 16.5. The summed E-state index contributed by atoms with van der Waals surface area (Å²) in [4.78, 5) is 14.7.